The summed E-state index contributed by atoms with van der Waals surface area (Å²) in [5, 5.41) is 0. The highest BCUT2D eigenvalue weighted by Crippen LogP contribution is 2.19. The summed E-state index contributed by atoms with van der Waals surface area (Å²) < 4.78 is 0. The minimum Gasteiger partial charge on any atom is -0.353 e. The molecule has 0 aliphatic heterocycles. The number of likely N-dealkylation sites (N-methyl/N-ethyl adjacent to an activating group) is 1. The van der Waals surface area contributed by atoms with Gasteiger partial charge in [0.2, 0.25) is 0 Å². The van der Waals surface area contributed by atoms with Crippen LogP contribution in [0.15, 0.2) is 12.4 Å². The van der Waals surface area contributed by atoms with Gasteiger partial charge in [0.05, 0.1) is 0 Å². The van der Waals surface area contributed by atoms with E-state index in [4.69, 9.17) is 5.73 Å². The van der Waals surface area contributed by atoms with Gasteiger partial charge >= 0.3 is 0 Å². The summed E-state index contributed by atoms with van der Waals surface area (Å²) in [6.07, 6.45) is 3.72. The lowest BCUT2D eigenvalue weighted by Gasteiger charge is -2.35. The predicted octanol–water partition coefficient (Wildman–Crippen LogP) is 1.60. The van der Waals surface area contributed by atoms with Gasteiger partial charge in [0.15, 0.2) is 0 Å². The average molecular weight is 222 g/mol. The molecule has 0 fully saturated rings. The minimum atomic E-state index is -0.0855. The number of nitrogens with two attached hydrogens (primary N) is 1. The van der Waals surface area contributed by atoms with Crippen molar-refractivity contribution in [2.75, 3.05) is 18.5 Å². The van der Waals surface area contributed by atoms with Gasteiger partial charge in [-0.05, 0) is 20.3 Å². The molecule has 0 bridgehead atoms. The van der Waals surface area contributed by atoms with Crippen LogP contribution in [-0.4, -0.2) is 29.1 Å². The molecule has 1 aromatic rings. The highest BCUT2D eigenvalue weighted by atomic mass is 15.2. The van der Waals surface area contributed by atoms with E-state index >= 15 is 0 Å². The Balaban J connectivity index is 2.91. The first-order valence-electron chi connectivity index (χ1n) is 5.76. The van der Waals surface area contributed by atoms with Crippen molar-refractivity contribution in [3.05, 3.63) is 18.1 Å². The van der Waals surface area contributed by atoms with E-state index in [1.165, 1.54) is 0 Å². The summed E-state index contributed by atoms with van der Waals surface area (Å²) in [6, 6.07) is 2.04. The smallest absolute Gasteiger partial charge is 0.132 e. The number of hydrogen-bond acceptors (Lipinski definition) is 4. The summed E-state index contributed by atoms with van der Waals surface area (Å²) in [7, 11) is 2.02. The van der Waals surface area contributed by atoms with Gasteiger partial charge in [-0.15, -0.1) is 0 Å². The molecule has 1 rings (SSSR count). The van der Waals surface area contributed by atoms with Gasteiger partial charge in [-0.3, -0.25) is 0 Å². The Labute approximate surface area is 97.9 Å². The quantitative estimate of drug-likeness (QED) is 0.822. The van der Waals surface area contributed by atoms with Gasteiger partial charge in [0, 0.05) is 30.9 Å². The molecule has 1 heterocycles. The van der Waals surface area contributed by atoms with Crippen LogP contribution in [0.25, 0.3) is 0 Å². The SMILES string of the molecule is CCCc1cc(N(C)C(C)(C)CN)ncn1. The van der Waals surface area contributed by atoms with Crippen LogP contribution in [-0.2, 0) is 6.42 Å². The first kappa shape index (κ1) is 12.9. The lowest BCUT2D eigenvalue weighted by molar-refractivity contribution is 0.494. The van der Waals surface area contributed by atoms with E-state index in [0.29, 0.717) is 6.54 Å². The molecule has 0 amide bonds. The van der Waals surface area contributed by atoms with Gasteiger partial charge in [0.1, 0.15) is 12.1 Å². The fraction of sp³-hybridized carbons (Fsp3) is 0.667. The van der Waals surface area contributed by atoms with Crippen molar-refractivity contribution in [2.45, 2.75) is 39.2 Å². The van der Waals surface area contributed by atoms with Crippen LogP contribution in [0.5, 0.6) is 0 Å². The van der Waals surface area contributed by atoms with Gasteiger partial charge in [-0.2, -0.15) is 0 Å². The second-order valence-corrected chi connectivity index (χ2v) is 4.69. The third-order valence-corrected chi connectivity index (χ3v) is 2.97. The van der Waals surface area contributed by atoms with Crippen LogP contribution in [0.1, 0.15) is 32.9 Å². The molecule has 0 unspecified atom stereocenters. The minimum absolute atomic E-state index is 0.0855. The summed E-state index contributed by atoms with van der Waals surface area (Å²) in [4.78, 5) is 10.7. The lowest BCUT2D eigenvalue weighted by atomic mass is 10.0. The standard InChI is InChI=1S/C12H22N4/c1-5-6-10-7-11(15-9-14-10)16(4)12(2,3)8-13/h7,9H,5-6,8,13H2,1-4H3. The number of rotatable bonds is 5. The zero-order valence-corrected chi connectivity index (χ0v) is 10.7. The van der Waals surface area contributed by atoms with Crippen molar-refractivity contribution in [3.63, 3.8) is 0 Å². The Morgan fingerprint density at radius 3 is 2.62 bits per heavy atom. The molecular weight excluding hydrogens is 200 g/mol. The highest BCUT2D eigenvalue weighted by molar-refractivity contribution is 5.41. The first-order valence-corrected chi connectivity index (χ1v) is 5.76. The maximum absolute atomic E-state index is 5.76. The van der Waals surface area contributed by atoms with Crippen LogP contribution < -0.4 is 10.6 Å². The molecule has 0 saturated heterocycles. The fourth-order valence-electron chi connectivity index (χ4n) is 1.41. The molecule has 0 spiro atoms. The molecule has 0 saturated carbocycles. The van der Waals surface area contributed by atoms with Gasteiger partial charge in [-0.25, -0.2) is 9.97 Å². The molecule has 0 aromatic carbocycles. The average Bonchev–Trinajstić information content (AvgIpc) is 2.29. The van der Waals surface area contributed by atoms with Crippen molar-refractivity contribution >= 4 is 5.82 Å². The maximum atomic E-state index is 5.76. The van der Waals surface area contributed by atoms with Crippen LogP contribution >= 0.6 is 0 Å². The van der Waals surface area contributed by atoms with Crippen molar-refractivity contribution in [2.24, 2.45) is 5.73 Å². The molecule has 2 N–H and O–H groups in total. The summed E-state index contributed by atoms with van der Waals surface area (Å²) >= 11 is 0. The maximum Gasteiger partial charge on any atom is 0.132 e. The zero-order chi connectivity index (χ0) is 12.2. The topological polar surface area (TPSA) is 55.0 Å². The predicted molar refractivity (Wildman–Crippen MR) is 67.6 cm³/mol. The second-order valence-electron chi connectivity index (χ2n) is 4.69. The number of hydrogen-bond donors (Lipinski definition) is 1. The number of nitrogens with zero attached hydrogens (tertiary/aromatic N) is 3. The Kier molecular flexibility index (Phi) is 4.24. The summed E-state index contributed by atoms with van der Waals surface area (Å²) in [5.41, 5.74) is 6.76. The molecule has 1 aromatic heterocycles. The molecule has 16 heavy (non-hydrogen) atoms. The largest absolute Gasteiger partial charge is 0.353 e. The third-order valence-electron chi connectivity index (χ3n) is 2.97. The van der Waals surface area contributed by atoms with Crippen LogP contribution in [0.2, 0.25) is 0 Å². The summed E-state index contributed by atoms with van der Waals surface area (Å²) in [6.45, 7) is 6.95. The molecule has 0 aliphatic rings. The Morgan fingerprint density at radius 2 is 2.06 bits per heavy atom. The van der Waals surface area contributed by atoms with Gasteiger partial charge in [-0.1, -0.05) is 13.3 Å². The molecule has 90 valence electrons. The number of anilines is 1. The number of aryl methyl sites for hydroxylation is 1. The van der Waals surface area contributed by atoms with Crippen LogP contribution in [0, 0.1) is 0 Å². The van der Waals surface area contributed by atoms with Crippen molar-refractivity contribution < 1.29 is 0 Å². The van der Waals surface area contributed by atoms with Crippen molar-refractivity contribution in [3.8, 4) is 0 Å². The van der Waals surface area contributed by atoms with Crippen molar-refractivity contribution in [1.29, 1.82) is 0 Å². The first-order chi connectivity index (χ1) is 7.51. The molecule has 4 heteroatoms. The Bertz CT molecular complexity index is 336. The summed E-state index contributed by atoms with van der Waals surface area (Å²) in [5.74, 6) is 0.939. The van der Waals surface area contributed by atoms with E-state index in [0.717, 1.165) is 24.4 Å². The molecule has 0 radical (unpaired) electrons. The van der Waals surface area contributed by atoms with E-state index in [9.17, 15) is 0 Å². The second kappa shape index (κ2) is 5.25. The number of aromatic nitrogens is 2. The van der Waals surface area contributed by atoms with E-state index in [-0.39, 0.29) is 5.54 Å². The molecular formula is C12H22N4. The normalized spacial score (nSPS) is 11.6. The molecule has 0 aliphatic carbocycles. The molecule has 0 atom stereocenters. The Morgan fingerprint density at radius 1 is 1.38 bits per heavy atom. The highest BCUT2D eigenvalue weighted by Gasteiger charge is 2.22. The van der Waals surface area contributed by atoms with E-state index in [1.54, 1.807) is 6.33 Å². The van der Waals surface area contributed by atoms with Crippen molar-refractivity contribution in [1.82, 2.24) is 9.97 Å². The van der Waals surface area contributed by atoms with Crippen LogP contribution in [0.3, 0.4) is 0 Å². The van der Waals surface area contributed by atoms with E-state index in [2.05, 4.69) is 35.6 Å². The Hall–Kier alpha value is -1.16. The van der Waals surface area contributed by atoms with Gasteiger partial charge < -0.3 is 10.6 Å². The lowest BCUT2D eigenvalue weighted by Crippen LogP contribution is -2.47. The zero-order valence-electron chi connectivity index (χ0n) is 10.7. The molecule has 4 nitrogen and oxygen atoms in total. The van der Waals surface area contributed by atoms with E-state index in [1.807, 2.05) is 13.1 Å². The monoisotopic (exact) mass is 222 g/mol. The fourth-order valence-corrected chi connectivity index (χ4v) is 1.41. The third kappa shape index (κ3) is 2.92. The van der Waals surface area contributed by atoms with Crippen LogP contribution in [0.4, 0.5) is 5.82 Å². The van der Waals surface area contributed by atoms with E-state index < -0.39 is 0 Å². The van der Waals surface area contributed by atoms with Gasteiger partial charge in [0.25, 0.3) is 0 Å².